The molecule has 0 aliphatic carbocycles. The molecule has 18 heavy (non-hydrogen) atoms. The Morgan fingerprint density at radius 1 is 1.33 bits per heavy atom. The summed E-state index contributed by atoms with van der Waals surface area (Å²) in [5, 5.41) is 12.8. The molecular weight excluding hydrogens is 244 g/mol. The first-order valence-electron chi connectivity index (χ1n) is 6.58. The molecule has 3 rings (SSSR count). The van der Waals surface area contributed by atoms with Crippen LogP contribution in [-0.2, 0) is 6.42 Å². The minimum Gasteiger partial charge on any atom is -0.317 e. The van der Waals surface area contributed by atoms with Gasteiger partial charge in [-0.2, -0.15) is 5.10 Å². The SMILES string of the molecule is c1csc(-c2n[nH]c(CCC3CCNCC3)n2)c1. The lowest BCUT2D eigenvalue weighted by Gasteiger charge is -2.21. The van der Waals surface area contributed by atoms with Gasteiger partial charge in [0, 0.05) is 6.42 Å². The molecule has 0 saturated carbocycles. The first-order valence-corrected chi connectivity index (χ1v) is 7.45. The second kappa shape index (κ2) is 5.63. The zero-order valence-corrected chi connectivity index (χ0v) is 11.2. The molecule has 0 aromatic carbocycles. The third kappa shape index (κ3) is 2.79. The van der Waals surface area contributed by atoms with Gasteiger partial charge in [0.15, 0.2) is 5.82 Å². The maximum absolute atomic E-state index is 4.57. The molecule has 4 nitrogen and oxygen atoms in total. The lowest BCUT2D eigenvalue weighted by molar-refractivity contribution is 0.352. The maximum Gasteiger partial charge on any atom is 0.191 e. The topological polar surface area (TPSA) is 53.6 Å². The van der Waals surface area contributed by atoms with Crippen molar-refractivity contribution in [2.24, 2.45) is 5.92 Å². The van der Waals surface area contributed by atoms with E-state index in [9.17, 15) is 0 Å². The minimum absolute atomic E-state index is 0.838. The zero-order chi connectivity index (χ0) is 12.2. The third-order valence-electron chi connectivity index (χ3n) is 3.52. The monoisotopic (exact) mass is 262 g/mol. The zero-order valence-electron chi connectivity index (χ0n) is 10.4. The Kier molecular flexibility index (Phi) is 3.71. The fourth-order valence-corrected chi connectivity index (χ4v) is 3.09. The first kappa shape index (κ1) is 11.9. The number of thiophene rings is 1. The van der Waals surface area contributed by atoms with E-state index in [1.54, 1.807) is 11.3 Å². The Morgan fingerprint density at radius 2 is 2.22 bits per heavy atom. The van der Waals surface area contributed by atoms with E-state index in [2.05, 4.69) is 31.9 Å². The lowest BCUT2D eigenvalue weighted by atomic mass is 9.93. The van der Waals surface area contributed by atoms with Crippen LogP contribution in [0.2, 0.25) is 0 Å². The van der Waals surface area contributed by atoms with Crippen molar-refractivity contribution in [3.05, 3.63) is 23.3 Å². The van der Waals surface area contributed by atoms with Crippen molar-refractivity contribution in [3.63, 3.8) is 0 Å². The third-order valence-corrected chi connectivity index (χ3v) is 4.39. The number of aromatic nitrogens is 3. The van der Waals surface area contributed by atoms with Gasteiger partial charge in [0.25, 0.3) is 0 Å². The average Bonchev–Trinajstić information content (AvgIpc) is 3.08. The van der Waals surface area contributed by atoms with Gasteiger partial charge in [-0.15, -0.1) is 11.3 Å². The predicted molar refractivity (Wildman–Crippen MR) is 73.6 cm³/mol. The second-order valence-electron chi connectivity index (χ2n) is 4.82. The Morgan fingerprint density at radius 3 is 3.00 bits per heavy atom. The van der Waals surface area contributed by atoms with Crippen LogP contribution in [0, 0.1) is 5.92 Å². The van der Waals surface area contributed by atoms with Crippen molar-refractivity contribution in [2.45, 2.75) is 25.7 Å². The van der Waals surface area contributed by atoms with Crippen molar-refractivity contribution >= 4 is 11.3 Å². The molecule has 1 aliphatic rings. The number of rotatable bonds is 4. The molecule has 2 aromatic heterocycles. The van der Waals surface area contributed by atoms with Crippen LogP contribution >= 0.6 is 11.3 Å². The largest absolute Gasteiger partial charge is 0.317 e. The van der Waals surface area contributed by atoms with Gasteiger partial charge in [-0.25, -0.2) is 4.98 Å². The van der Waals surface area contributed by atoms with Gasteiger partial charge in [0.1, 0.15) is 5.82 Å². The number of aryl methyl sites for hydroxylation is 1. The molecule has 5 heteroatoms. The molecule has 0 amide bonds. The summed E-state index contributed by atoms with van der Waals surface area (Å²) in [6.07, 6.45) is 4.83. The predicted octanol–water partition coefficient (Wildman–Crippen LogP) is 2.47. The van der Waals surface area contributed by atoms with Gasteiger partial charge in [0.2, 0.25) is 0 Å². The summed E-state index contributed by atoms with van der Waals surface area (Å²) in [4.78, 5) is 5.70. The van der Waals surface area contributed by atoms with Crippen LogP contribution in [0.15, 0.2) is 17.5 Å². The quantitative estimate of drug-likeness (QED) is 0.890. The number of H-pyrrole nitrogens is 1. The highest BCUT2D eigenvalue weighted by molar-refractivity contribution is 7.13. The summed E-state index contributed by atoms with van der Waals surface area (Å²) < 4.78 is 0. The normalized spacial score (nSPS) is 17.1. The van der Waals surface area contributed by atoms with Gasteiger partial charge in [-0.1, -0.05) is 6.07 Å². The molecule has 0 radical (unpaired) electrons. The molecule has 2 aromatic rings. The highest BCUT2D eigenvalue weighted by Crippen LogP contribution is 2.22. The Bertz CT molecular complexity index is 471. The Balaban J connectivity index is 1.57. The van der Waals surface area contributed by atoms with E-state index in [0.717, 1.165) is 28.9 Å². The molecule has 3 heterocycles. The van der Waals surface area contributed by atoms with Crippen molar-refractivity contribution in [1.82, 2.24) is 20.5 Å². The van der Waals surface area contributed by atoms with Crippen LogP contribution < -0.4 is 5.32 Å². The number of nitrogens with zero attached hydrogens (tertiary/aromatic N) is 2. The molecule has 96 valence electrons. The summed E-state index contributed by atoms with van der Waals surface area (Å²) in [6.45, 7) is 2.34. The first-order chi connectivity index (χ1) is 8.92. The standard InChI is InChI=1S/C13H18N4S/c1-2-11(18-9-1)13-15-12(16-17-13)4-3-10-5-7-14-8-6-10/h1-2,9-10,14H,3-8H2,(H,15,16,17). The lowest BCUT2D eigenvalue weighted by Crippen LogP contribution is -2.27. The van der Waals surface area contributed by atoms with E-state index in [-0.39, 0.29) is 0 Å². The molecule has 0 spiro atoms. The van der Waals surface area contributed by atoms with E-state index in [4.69, 9.17) is 0 Å². The van der Waals surface area contributed by atoms with Crippen LogP contribution in [0.25, 0.3) is 10.7 Å². The molecular formula is C13H18N4S. The number of nitrogens with one attached hydrogen (secondary N) is 2. The fraction of sp³-hybridized carbons (Fsp3) is 0.538. The molecule has 2 N–H and O–H groups in total. The van der Waals surface area contributed by atoms with E-state index in [1.165, 1.54) is 32.4 Å². The van der Waals surface area contributed by atoms with Gasteiger partial charge >= 0.3 is 0 Å². The number of hydrogen-bond donors (Lipinski definition) is 2. The number of piperidine rings is 1. The molecule has 1 aliphatic heterocycles. The van der Waals surface area contributed by atoms with Crippen LogP contribution in [-0.4, -0.2) is 28.3 Å². The van der Waals surface area contributed by atoms with Crippen LogP contribution in [0.5, 0.6) is 0 Å². The van der Waals surface area contributed by atoms with E-state index in [0.29, 0.717) is 0 Å². The molecule has 1 fully saturated rings. The second-order valence-corrected chi connectivity index (χ2v) is 5.76. The highest BCUT2D eigenvalue weighted by atomic mass is 32.1. The average molecular weight is 262 g/mol. The summed E-state index contributed by atoms with van der Waals surface area (Å²) in [6, 6.07) is 4.09. The summed E-state index contributed by atoms with van der Waals surface area (Å²) in [5.41, 5.74) is 0. The smallest absolute Gasteiger partial charge is 0.191 e. The van der Waals surface area contributed by atoms with Crippen LogP contribution in [0.4, 0.5) is 0 Å². The van der Waals surface area contributed by atoms with Crippen molar-refractivity contribution in [2.75, 3.05) is 13.1 Å². The van der Waals surface area contributed by atoms with Gasteiger partial charge in [0.05, 0.1) is 4.88 Å². The molecule has 0 unspecified atom stereocenters. The van der Waals surface area contributed by atoms with Gasteiger partial charge in [-0.05, 0) is 49.7 Å². The van der Waals surface area contributed by atoms with Crippen molar-refractivity contribution < 1.29 is 0 Å². The number of hydrogen-bond acceptors (Lipinski definition) is 4. The van der Waals surface area contributed by atoms with Gasteiger partial charge in [-0.3, -0.25) is 5.10 Å². The number of aromatic amines is 1. The minimum atomic E-state index is 0.838. The maximum atomic E-state index is 4.57. The van der Waals surface area contributed by atoms with E-state index in [1.807, 2.05) is 6.07 Å². The van der Waals surface area contributed by atoms with E-state index < -0.39 is 0 Å². The molecule has 0 atom stereocenters. The summed E-state index contributed by atoms with van der Waals surface area (Å²) >= 11 is 1.68. The van der Waals surface area contributed by atoms with E-state index >= 15 is 0 Å². The van der Waals surface area contributed by atoms with Crippen LogP contribution in [0.3, 0.4) is 0 Å². The van der Waals surface area contributed by atoms with Crippen molar-refractivity contribution in [1.29, 1.82) is 0 Å². The van der Waals surface area contributed by atoms with Crippen LogP contribution in [0.1, 0.15) is 25.1 Å². The summed E-state index contributed by atoms with van der Waals surface area (Å²) in [5.74, 6) is 2.71. The summed E-state index contributed by atoms with van der Waals surface area (Å²) in [7, 11) is 0. The highest BCUT2D eigenvalue weighted by Gasteiger charge is 2.14. The Hall–Kier alpha value is -1.20. The van der Waals surface area contributed by atoms with Crippen molar-refractivity contribution in [3.8, 4) is 10.7 Å². The Labute approximate surface area is 111 Å². The fourth-order valence-electron chi connectivity index (χ4n) is 2.43. The molecule has 0 bridgehead atoms. The van der Waals surface area contributed by atoms with Gasteiger partial charge < -0.3 is 5.32 Å². The molecule has 1 saturated heterocycles.